The standard InChI is InChI=1S/C18H20N2O/c1-2-15(13-8-4-3-5-9-13)20-18(21)17-12-14-10-6-7-11-16(14)19-17/h3-11,15,17,19H,2,12H2,1H3,(H,20,21)/t15?,17-/m0/s1. The van der Waals surface area contributed by atoms with Crippen molar-refractivity contribution in [2.75, 3.05) is 5.32 Å². The molecule has 0 saturated heterocycles. The lowest BCUT2D eigenvalue weighted by atomic mass is 10.0. The fourth-order valence-corrected chi connectivity index (χ4v) is 2.83. The van der Waals surface area contributed by atoms with Gasteiger partial charge in [-0.2, -0.15) is 0 Å². The zero-order valence-corrected chi connectivity index (χ0v) is 12.2. The highest BCUT2D eigenvalue weighted by molar-refractivity contribution is 5.87. The number of carbonyl (C=O) groups excluding carboxylic acids is 1. The Morgan fingerprint density at radius 3 is 2.62 bits per heavy atom. The van der Waals surface area contributed by atoms with Crippen LogP contribution in [0.15, 0.2) is 54.6 Å². The molecule has 1 aliphatic heterocycles. The number of hydrogen-bond acceptors (Lipinski definition) is 2. The maximum absolute atomic E-state index is 12.5. The minimum atomic E-state index is -0.167. The van der Waals surface area contributed by atoms with Crippen LogP contribution in [-0.4, -0.2) is 11.9 Å². The number of benzene rings is 2. The van der Waals surface area contributed by atoms with Gasteiger partial charge in [0.15, 0.2) is 0 Å². The van der Waals surface area contributed by atoms with E-state index in [1.165, 1.54) is 5.56 Å². The molecule has 0 saturated carbocycles. The van der Waals surface area contributed by atoms with Gasteiger partial charge in [0, 0.05) is 12.1 Å². The van der Waals surface area contributed by atoms with Gasteiger partial charge in [-0.1, -0.05) is 55.5 Å². The molecule has 0 spiro atoms. The van der Waals surface area contributed by atoms with Gasteiger partial charge in [-0.25, -0.2) is 0 Å². The van der Waals surface area contributed by atoms with Gasteiger partial charge in [-0.15, -0.1) is 0 Å². The SMILES string of the molecule is CCC(NC(=O)[C@@H]1Cc2ccccc2N1)c1ccccc1. The first-order chi connectivity index (χ1) is 10.3. The Hall–Kier alpha value is -2.29. The third kappa shape index (κ3) is 2.92. The Bertz CT molecular complexity index is 599. The van der Waals surface area contributed by atoms with Crippen molar-refractivity contribution in [3.8, 4) is 0 Å². The molecule has 2 N–H and O–H groups in total. The normalized spacial score (nSPS) is 17.7. The van der Waals surface area contributed by atoms with Gasteiger partial charge < -0.3 is 10.6 Å². The van der Waals surface area contributed by atoms with Crippen molar-refractivity contribution in [2.45, 2.75) is 31.8 Å². The van der Waals surface area contributed by atoms with Crippen molar-refractivity contribution in [3.05, 3.63) is 65.7 Å². The predicted octanol–water partition coefficient (Wildman–Crippen LogP) is 3.29. The molecule has 0 bridgehead atoms. The van der Waals surface area contributed by atoms with E-state index in [1.54, 1.807) is 0 Å². The first kappa shape index (κ1) is 13.7. The van der Waals surface area contributed by atoms with E-state index in [-0.39, 0.29) is 18.0 Å². The molecule has 1 aliphatic rings. The quantitative estimate of drug-likeness (QED) is 0.902. The topological polar surface area (TPSA) is 41.1 Å². The summed E-state index contributed by atoms with van der Waals surface area (Å²) in [5, 5.41) is 6.46. The Balaban J connectivity index is 1.67. The molecule has 1 unspecified atom stereocenters. The van der Waals surface area contributed by atoms with Crippen LogP contribution in [0.3, 0.4) is 0 Å². The highest BCUT2D eigenvalue weighted by Gasteiger charge is 2.27. The Morgan fingerprint density at radius 1 is 1.19 bits per heavy atom. The van der Waals surface area contributed by atoms with E-state index in [0.29, 0.717) is 0 Å². The summed E-state index contributed by atoms with van der Waals surface area (Å²) < 4.78 is 0. The number of fused-ring (bicyclic) bond motifs is 1. The summed E-state index contributed by atoms with van der Waals surface area (Å²) in [7, 11) is 0. The maximum Gasteiger partial charge on any atom is 0.243 e. The van der Waals surface area contributed by atoms with Crippen LogP contribution in [0.25, 0.3) is 0 Å². The largest absolute Gasteiger partial charge is 0.373 e. The van der Waals surface area contributed by atoms with E-state index in [2.05, 4.69) is 35.8 Å². The van der Waals surface area contributed by atoms with Crippen LogP contribution in [0.2, 0.25) is 0 Å². The van der Waals surface area contributed by atoms with E-state index in [0.717, 1.165) is 24.1 Å². The highest BCUT2D eigenvalue weighted by atomic mass is 16.2. The summed E-state index contributed by atoms with van der Waals surface area (Å²) in [6.07, 6.45) is 1.64. The van der Waals surface area contributed by atoms with Gasteiger partial charge in [0.2, 0.25) is 5.91 Å². The van der Waals surface area contributed by atoms with Crippen LogP contribution in [-0.2, 0) is 11.2 Å². The third-order valence-corrected chi connectivity index (χ3v) is 4.01. The second kappa shape index (κ2) is 6.00. The lowest BCUT2D eigenvalue weighted by Crippen LogP contribution is -2.40. The van der Waals surface area contributed by atoms with Crippen molar-refractivity contribution < 1.29 is 4.79 Å². The van der Waals surface area contributed by atoms with Gasteiger partial charge in [0.25, 0.3) is 0 Å². The fourth-order valence-electron chi connectivity index (χ4n) is 2.83. The first-order valence-corrected chi connectivity index (χ1v) is 7.47. The number of carbonyl (C=O) groups is 1. The molecule has 108 valence electrons. The van der Waals surface area contributed by atoms with Crippen LogP contribution >= 0.6 is 0 Å². The molecule has 0 aromatic heterocycles. The van der Waals surface area contributed by atoms with Crippen LogP contribution in [0.1, 0.15) is 30.5 Å². The maximum atomic E-state index is 12.5. The van der Waals surface area contributed by atoms with Gasteiger partial charge in [-0.05, 0) is 23.6 Å². The molecule has 1 amide bonds. The molecule has 0 aliphatic carbocycles. The molecule has 21 heavy (non-hydrogen) atoms. The Kier molecular flexibility index (Phi) is 3.91. The number of rotatable bonds is 4. The summed E-state index contributed by atoms with van der Waals surface area (Å²) in [5.41, 5.74) is 3.44. The molecular formula is C18H20N2O. The average Bonchev–Trinajstić information content (AvgIpc) is 2.97. The number of para-hydroxylation sites is 1. The highest BCUT2D eigenvalue weighted by Crippen LogP contribution is 2.26. The predicted molar refractivity (Wildman–Crippen MR) is 85.2 cm³/mol. The van der Waals surface area contributed by atoms with E-state index in [9.17, 15) is 4.79 Å². The first-order valence-electron chi connectivity index (χ1n) is 7.47. The molecule has 0 radical (unpaired) electrons. The monoisotopic (exact) mass is 280 g/mol. The van der Waals surface area contributed by atoms with Crippen LogP contribution in [0, 0.1) is 0 Å². The molecule has 2 aromatic carbocycles. The van der Waals surface area contributed by atoms with Crippen molar-refractivity contribution in [3.63, 3.8) is 0 Å². The summed E-state index contributed by atoms with van der Waals surface area (Å²) in [6, 6.07) is 18.1. The third-order valence-electron chi connectivity index (χ3n) is 4.01. The fraction of sp³-hybridized carbons (Fsp3) is 0.278. The average molecular weight is 280 g/mol. The van der Waals surface area contributed by atoms with E-state index in [4.69, 9.17) is 0 Å². The van der Waals surface area contributed by atoms with Crippen LogP contribution < -0.4 is 10.6 Å². The summed E-state index contributed by atoms with van der Waals surface area (Å²) in [6.45, 7) is 2.09. The minimum Gasteiger partial charge on any atom is -0.373 e. The smallest absolute Gasteiger partial charge is 0.243 e. The summed E-state index contributed by atoms with van der Waals surface area (Å²) in [5.74, 6) is 0.0712. The zero-order chi connectivity index (χ0) is 14.7. The molecule has 2 aromatic rings. The zero-order valence-electron chi connectivity index (χ0n) is 12.2. The van der Waals surface area contributed by atoms with Gasteiger partial charge >= 0.3 is 0 Å². The molecule has 2 atom stereocenters. The molecule has 3 nitrogen and oxygen atoms in total. The van der Waals surface area contributed by atoms with Gasteiger partial charge in [0.1, 0.15) is 6.04 Å². The van der Waals surface area contributed by atoms with Crippen molar-refractivity contribution in [1.29, 1.82) is 0 Å². The van der Waals surface area contributed by atoms with E-state index >= 15 is 0 Å². The molecule has 3 rings (SSSR count). The number of nitrogens with one attached hydrogen (secondary N) is 2. The van der Waals surface area contributed by atoms with Gasteiger partial charge in [-0.3, -0.25) is 4.79 Å². The Morgan fingerprint density at radius 2 is 1.90 bits per heavy atom. The minimum absolute atomic E-state index is 0.0712. The number of hydrogen-bond donors (Lipinski definition) is 2. The lowest BCUT2D eigenvalue weighted by Gasteiger charge is -2.20. The van der Waals surface area contributed by atoms with Gasteiger partial charge in [0.05, 0.1) is 6.04 Å². The lowest BCUT2D eigenvalue weighted by molar-refractivity contribution is -0.122. The van der Waals surface area contributed by atoms with Crippen LogP contribution in [0.5, 0.6) is 0 Å². The van der Waals surface area contributed by atoms with Crippen LogP contribution in [0.4, 0.5) is 5.69 Å². The van der Waals surface area contributed by atoms with E-state index in [1.807, 2.05) is 36.4 Å². The molecule has 3 heteroatoms. The number of anilines is 1. The van der Waals surface area contributed by atoms with Crippen molar-refractivity contribution in [1.82, 2.24) is 5.32 Å². The Labute approximate surface area is 125 Å². The molecule has 1 heterocycles. The van der Waals surface area contributed by atoms with Crippen molar-refractivity contribution >= 4 is 11.6 Å². The number of amides is 1. The molecule has 0 fully saturated rings. The van der Waals surface area contributed by atoms with Crippen molar-refractivity contribution in [2.24, 2.45) is 0 Å². The molecular weight excluding hydrogens is 260 g/mol. The second-order valence-electron chi connectivity index (χ2n) is 5.44. The van der Waals surface area contributed by atoms with E-state index < -0.39 is 0 Å². The summed E-state index contributed by atoms with van der Waals surface area (Å²) in [4.78, 5) is 12.5. The summed E-state index contributed by atoms with van der Waals surface area (Å²) >= 11 is 0. The second-order valence-corrected chi connectivity index (χ2v) is 5.44.